The smallest absolute Gasteiger partial charge is 0.226 e. The van der Waals surface area contributed by atoms with Gasteiger partial charge in [0.15, 0.2) is 0 Å². The quantitative estimate of drug-likeness (QED) is 0.623. The third kappa shape index (κ3) is 4.72. The van der Waals surface area contributed by atoms with Crippen LogP contribution in [0.5, 0.6) is 5.75 Å². The first-order valence-corrected chi connectivity index (χ1v) is 12.1. The molecule has 1 aromatic rings. The van der Waals surface area contributed by atoms with Gasteiger partial charge >= 0.3 is 0 Å². The fraction of sp³-hybridized carbons (Fsp3) is 0.654. The van der Waals surface area contributed by atoms with E-state index in [0.717, 1.165) is 70.3 Å². The first-order valence-electron chi connectivity index (χ1n) is 12.1. The number of benzene rings is 1. The highest BCUT2D eigenvalue weighted by atomic mass is 19.1. The molecule has 6 heteroatoms. The second kappa shape index (κ2) is 9.92. The number of nitrogens with one attached hydrogen (secondary N) is 1. The van der Waals surface area contributed by atoms with Crippen LogP contribution in [0.1, 0.15) is 63.9 Å². The molecule has 2 bridgehead atoms. The highest BCUT2D eigenvalue weighted by Crippen LogP contribution is 2.58. The molecular formula is C26H37FN2O3. The number of nitrogens with two attached hydrogens (primary N) is 1. The molecule has 4 fully saturated rings. The molecule has 3 saturated carbocycles. The summed E-state index contributed by atoms with van der Waals surface area (Å²) in [6.07, 6.45) is 8.61. The van der Waals surface area contributed by atoms with Crippen LogP contribution in [0.15, 0.2) is 36.2 Å². The van der Waals surface area contributed by atoms with Gasteiger partial charge in [0.2, 0.25) is 5.91 Å². The molecule has 1 unspecified atom stereocenters. The molecule has 4 aliphatic rings. The molecule has 3 aliphatic carbocycles. The van der Waals surface area contributed by atoms with Crippen molar-refractivity contribution in [3.05, 3.63) is 41.7 Å². The van der Waals surface area contributed by atoms with Crippen molar-refractivity contribution in [1.29, 1.82) is 0 Å². The van der Waals surface area contributed by atoms with Gasteiger partial charge in [-0.05, 0) is 87.3 Å². The van der Waals surface area contributed by atoms with Crippen molar-refractivity contribution < 1.29 is 18.7 Å². The molecule has 32 heavy (non-hydrogen) atoms. The van der Waals surface area contributed by atoms with Crippen LogP contribution in [0.4, 0.5) is 4.39 Å². The molecule has 1 atom stereocenters. The maximum atomic E-state index is 13.3. The molecule has 0 aromatic heterocycles. The first kappa shape index (κ1) is 23.2. The number of ether oxygens (including phenoxy) is 2. The monoisotopic (exact) mass is 444 g/mol. The summed E-state index contributed by atoms with van der Waals surface area (Å²) in [6.45, 7) is 4.10. The van der Waals surface area contributed by atoms with Gasteiger partial charge in [-0.2, -0.15) is 0 Å². The molecular weight excluding hydrogens is 407 g/mol. The highest BCUT2D eigenvalue weighted by Gasteiger charge is 2.53. The van der Waals surface area contributed by atoms with Gasteiger partial charge in [0.25, 0.3) is 0 Å². The Hall–Kier alpha value is -1.92. The van der Waals surface area contributed by atoms with Crippen LogP contribution in [0.3, 0.4) is 0 Å². The van der Waals surface area contributed by atoms with E-state index in [9.17, 15) is 9.18 Å². The Morgan fingerprint density at radius 3 is 2.38 bits per heavy atom. The maximum Gasteiger partial charge on any atom is 0.226 e. The second-order valence-electron chi connectivity index (χ2n) is 10.1. The first-order chi connectivity index (χ1) is 15.5. The predicted octanol–water partition coefficient (Wildman–Crippen LogP) is 4.40. The van der Waals surface area contributed by atoms with E-state index in [-0.39, 0.29) is 35.9 Å². The van der Waals surface area contributed by atoms with E-state index in [4.69, 9.17) is 15.2 Å². The average Bonchev–Trinajstić information content (AvgIpc) is 2.86. The summed E-state index contributed by atoms with van der Waals surface area (Å²) in [6, 6.07) is 8.43. The maximum absolute atomic E-state index is 13.3. The Morgan fingerprint density at radius 1 is 1.19 bits per heavy atom. The van der Waals surface area contributed by atoms with E-state index in [2.05, 4.69) is 24.4 Å². The van der Waals surface area contributed by atoms with Gasteiger partial charge in [-0.3, -0.25) is 4.79 Å². The minimum atomic E-state index is -0.193. The number of carbonyl (C=O) groups excluding carboxylic acids is 1. The SMILES string of the molecule is CC(NC(=O)C12CCC(c3ccc(OC/C(=C/F)CN)cc3)(CC1)CC2)C1CCOCC1. The zero-order valence-corrected chi connectivity index (χ0v) is 19.2. The van der Waals surface area contributed by atoms with Crippen molar-refractivity contribution in [1.82, 2.24) is 5.32 Å². The second-order valence-corrected chi connectivity index (χ2v) is 10.1. The summed E-state index contributed by atoms with van der Waals surface area (Å²) >= 11 is 0. The number of hydrogen-bond donors (Lipinski definition) is 2. The number of fused-ring (bicyclic) bond motifs is 3. The van der Waals surface area contributed by atoms with Crippen molar-refractivity contribution in [3.63, 3.8) is 0 Å². The van der Waals surface area contributed by atoms with Gasteiger partial charge in [-0.1, -0.05) is 12.1 Å². The van der Waals surface area contributed by atoms with Crippen LogP contribution in [-0.2, 0) is 14.9 Å². The van der Waals surface area contributed by atoms with E-state index in [1.165, 1.54) is 5.56 Å². The molecule has 5 nitrogen and oxygen atoms in total. The lowest BCUT2D eigenvalue weighted by Crippen LogP contribution is -2.54. The third-order valence-corrected chi connectivity index (χ3v) is 8.37. The molecule has 1 saturated heterocycles. The Morgan fingerprint density at radius 2 is 1.81 bits per heavy atom. The zero-order valence-electron chi connectivity index (χ0n) is 19.2. The van der Waals surface area contributed by atoms with E-state index < -0.39 is 0 Å². The van der Waals surface area contributed by atoms with Crippen molar-refractivity contribution in [3.8, 4) is 5.75 Å². The molecule has 1 aromatic carbocycles. The Bertz CT molecular complexity index is 792. The van der Waals surface area contributed by atoms with Gasteiger partial charge < -0.3 is 20.5 Å². The average molecular weight is 445 g/mol. The predicted molar refractivity (Wildman–Crippen MR) is 123 cm³/mol. The van der Waals surface area contributed by atoms with Crippen LogP contribution in [0, 0.1) is 11.3 Å². The third-order valence-electron chi connectivity index (χ3n) is 8.37. The molecule has 3 N–H and O–H groups in total. The number of carbonyl (C=O) groups is 1. The normalized spacial score (nSPS) is 29.5. The lowest BCUT2D eigenvalue weighted by Gasteiger charge is -2.53. The van der Waals surface area contributed by atoms with Gasteiger partial charge in [-0.25, -0.2) is 4.39 Å². The van der Waals surface area contributed by atoms with Crippen LogP contribution < -0.4 is 15.8 Å². The Balaban J connectivity index is 1.34. The topological polar surface area (TPSA) is 73.6 Å². The van der Waals surface area contributed by atoms with E-state index in [1.807, 2.05) is 12.1 Å². The molecule has 0 spiro atoms. The van der Waals surface area contributed by atoms with Crippen molar-refractivity contribution in [2.45, 2.75) is 69.7 Å². The van der Waals surface area contributed by atoms with E-state index in [0.29, 0.717) is 17.8 Å². The Labute approximate surface area is 190 Å². The Kier molecular flexibility index (Phi) is 7.21. The van der Waals surface area contributed by atoms with Gasteiger partial charge in [0.1, 0.15) is 12.4 Å². The summed E-state index contributed by atoms with van der Waals surface area (Å²) in [5.41, 5.74) is 7.22. The molecule has 1 heterocycles. The summed E-state index contributed by atoms with van der Waals surface area (Å²) in [7, 11) is 0. The lowest BCUT2D eigenvalue weighted by atomic mass is 9.51. The number of hydrogen-bond acceptors (Lipinski definition) is 4. The van der Waals surface area contributed by atoms with Crippen LogP contribution in [0.25, 0.3) is 0 Å². The molecule has 5 rings (SSSR count). The number of rotatable bonds is 8. The van der Waals surface area contributed by atoms with E-state index in [1.54, 1.807) is 0 Å². The lowest BCUT2D eigenvalue weighted by molar-refractivity contribution is -0.139. The summed E-state index contributed by atoms with van der Waals surface area (Å²) < 4.78 is 23.8. The fourth-order valence-corrected chi connectivity index (χ4v) is 5.87. The highest BCUT2D eigenvalue weighted by molar-refractivity contribution is 5.83. The zero-order chi connectivity index (χ0) is 22.6. The van der Waals surface area contributed by atoms with Crippen molar-refractivity contribution in [2.75, 3.05) is 26.4 Å². The van der Waals surface area contributed by atoms with Gasteiger partial charge in [0, 0.05) is 36.8 Å². The minimum absolute atomic E-state index is 0.154. The minimum Gasteiger partial charge on any atom is -0.489 e. The summed E-state index contributed by atoms with van der Waals surface area (Å²) in [5.74, 6) is 1.52. The fourth-order valence-electron chi connectivity index (χ4n) is 5.87. The van der Waals surface area contributed by atoms with Crippen LogP contribution in [-0.4, -0.2) is 38.3 Å². The summed E-state index contributed by atoms with van der Waals surface area (Å²) in [4.78, 5) is 13.3. The number of amides is 1. The van der Waals surface area contributed by atoms with Gasteiger partial charge in [0.05, 0.1) is 6.33 Å². The van der Waals surface area contributed by atoms with Crippen LogP contribution in [0.2, 0.25) is 0 Å². The van der Waals surface area contributed by atoms with Crippen LogP contribution >= 0.6 is 0 Å². The summed E-state index contributed by atoms with van der Waals surface area (Å²) in [5, 5.41) is 3.38. The number of halogens is 1. The molecule has 0 radical (unpaired) electrons. The molecule has 1 amide bonds. The molecule has 1 aliphatic heterocycles. The van der Waals surface area contributed by atoms with Crippen molar-refractivity contribution in [2.24, 2.45) is 17.1 Å². The standard InChI is InChI=1S/C26H37FN2O3/c1-19(21-6-14-31-15-7-21)29-24(30)26-11-8-25(9-12-26,10-13-26)22-2-4-23(5-3-22)32-18-20(16-27)17-28/h2-5,16,19,21H,6-15,17-18,28H2,1H3,(H,29,30)/b20-16+. The molecule has 176 valence electrons. The van der Waals surface area contributed by atoms with Gasteiger partial charge in [-0.15, -0.1) is 0 Å². The largest absolute Gasteiger partial charge is 0.489 e. The van der Waals surface area contributed by atoms with E-state index >= 15 is 0 Å². The van der Waals surface area contributed by atoms with Crippen molar-refractivity contribution >= 4 is 5.91 Å².